The number of nitro groups is 1. The number of allylic oxidation sites excluding steroid dienone is 4. The lowest BCUT2D eigenvalue weighted by atomic mass is 9.69. The lowest BCUT2D eigenvalue weighted by Gasteiger charge is -2.51. The summed E-state index contributed by atoms with van der Waals surface area (Å²) in [7, 11) is 0. The SMILES string of the molecule is O=[N+]([O-])c1cccc([C@H]2[C@H]3CC=C[C@@H]3c3c4c(cc5ccccc35)[C@H]3C=CC[C@@H]3CN42)c1. The number of hydrogen-bond acceptors (Lipinski definition) is 3. The third kappa shape index (κ3) is 2.38. The molecule has 2 aliphatic carbocycles. The van der Waals surface area contributed by atoms with Gasteiger partial charge in [0.1, 0.15) is 0 Å². The van der Waals surface area contributed by atoms with Gasteiger partial charge in [-0.3, -0.25) is 10.1 Å². The predicted octanol–water partition coefficient (Wildman–Crippen LogP) is 6.64. The zero-order valence-corrected chi connectivity index (χ0v) is 17.7. The van der Waals surface area contributed by atoms with Gasteiger partial charge in [0, 0.05) is 36.2 Å². The summed E-state index contributed by atoms with van der Waals surface area (Å²) in [5, 5.41) is 14.2. The van der Waals surface area contributed by atoms with Crippen LogP contribution in [0.3, 0.4) is 0 Å². The van der Waals surface area contributed by atoms with E-state index in [0.717, 1.165) is 24.9 Å². The van der Waals surface area contributed by atoms with Crippen LogP contribution in [0.25, 0.3) is 10.8 Å². The van der Waals surface area contributed by atoms with Crippen LogP contribution in [0.2, 0.25) is 0 Å². The van der Waals surface area contributed by atoms with Crippen molar-refractivity contribution < 1.29 is 4.92 Å². The molecule has 32 heavy (non-hydrogen) atoms. The van der Waals surface area contributed by atoms with Gasteiger partial charge < -0.3 is 4.90 Å². The van der Waals surface area contributed by atoms with E-state index < -0.39 is 0 Å². The first-order valence-corrected chi connectivity index (χ1v) is 11.6. The van der Waals surface area contributed by atoms with Gasteiger partial charge in [0.2, 0.25) is 0 Å². The minimum absolute atomic E-state index is 0.156. The fourth-order valence-electron chi connectivity index (χ4n) is 6.93. The summed E-state index contributed by atoms with van der Waals surface area (Å²) < 4.78 is 0. The number of non-ortho nitro benzene ring substituents is 1. The van der Waals surface area contributed by atoms with Crippen LogP contribution in [0.4, 0.5) is 11.4 Å². The number of anilines is 1. The van der Waals surface area contributed by atoms with Crippen LogP contribution in [-0.2, 0) is 0 Å². The third-order valence-corrected chi connectivity index (χ3v) is 8.17. The molecule has 0 unspecified atom stereocenters. The van der Waals surface area contributed by atoms with Crippen LogP contribution in [0, 0.1) is 22.0 Å². The Balaban J connectivity index is 1.52. The van der Waals surface area contributed by atoms with E-state index in [1.807, 2.05) is 12.1 Å². The summed E-state index contributed by atoms with van der Waals surface area (Å²) in [4.78, 5) is 13.9. The van der Waals surface area contributed by atoms with Crippen molar-refractivity contribution >= 4 is 22.1 Å². The van der Waals surface area contributed by atoms with Gasteiger partial charge in [0.15, 0.2) is 0 Å². The second-order valence-corrected chi connectivity index (χ2v) is 9.70. The fraction of sp³-hybridized carbons (Fsp3) is 0.286. The number of nitrogens with zero attached hydrogens (tertiary/aromatic N) is 2. The van der Waals surface area contributed by atoms with Crippen molar-refractivity contribution in [2.45, 2.75) is 30.7 Å². The molecule has 5 atom stereocenters. The first-order chi connectivity index (χ1) is 15.7. The molecule has 0 spiro atoms. The van der Waals surface area contributed by atoms with E-state index in [0.29, 0.717) is 23.7 Å². The minimum atomic E-state index is -0.267. The Kier molecular flexibility index (Phi) is 3.73. The van der Waals surface area contributed by atoms with Gasteiger partial charge in [-0.25, -0.2) is 0 Å². The molecular formula is C28H24N2O2. The molecule has 0 radical (unpaired) electrons. The summed E-state index contributed by atoms with van der Waals surface area (Å²) in [6.45, 7) is 1.01. The summed E-state index contributed by atoms with van der Waals surface area (Å²) in [5.41, 5.74) is 5.56. The highest BCUT2D eigenvalue weighted by Gasteiger charge is 2.48. The lowest BCUT2D eigenvalue weighted by Crippen LogP contribution is -2.46. The minimum Gasteiger partial charge on any atom is -0.363 e. The van der Waals surface area contributed by atoms with Crippen molar-refractivity contribution in [2.24, 2.45) is 11.8 Å². The molecular weight excluding hydrogens is 396 g/mol. The molecule has 0 bridgehead atoms. The molecule has 2 heterocycles. The molecule has 4 aliphatic rings. The van der Waals surface area contributed by atoms with Crippen LogP contribution in [0.5, 0.6) is 0 Å². The van der Waals surface area contributed by atoms with Crippen LogP contribution >= 0.6 is 0 Å². The monoisotopic (exact) mass is 420 g/mol. The molecule has 2 aliphatic heterocycles. The van der Waals surface area contributed by atoms with E-state index in [-0.39, 0.29) is 16.7 Å². The standard InChI is InChI=1S/C28H24N2O2/c31-30(32)20-9-3-7-18(14-20)27-24-13-5-12-23(24)26-22-10-2-1-6-17(22)15-25-21-11-4-8-19(21)16-29(27)28(25)26/h1-7,9-12,14-15,19,21,23-24,27H,8,13,16H2/t19-,21+,23+,24+,27+/m1/s1. The van der Waals surface area contributed by atoms with Gasteiger partial charge in [0.25, 0.3) is 5.69 Å². The molecule has 3 aromatic rings. The first kappa shape index (κ1) is 18.2. The molecule has 0 amide bonds. The number of benzene rings is 3. The molecule has 4 heteroatoms. The van der Waals surface area contributed by atoms with Gasteiger partial charge in [0.05, 0.1) is 11.0 Å². The zero-order valence-electron chi connectivity index (χ0n) is 17.7. The van der Waals surface area contributed by atoms with Gasteiger partial charge in [-0.1, -0.05) is 60.7 Å². The first-order valence-electron chi connectivity index (χ1n) is 11.6. The zero-order chi connectivity index (χ0) is 21.4. The number of hydrogen-bond donors (Lipinski definition) is 0. The fourth-order valence-corrected chi connectivity index (χ4v) is 6.93. The van der Waals surface area contributed by atoms with E-state index in [1.54, 1.807) is 6.07 Å². The van der Waals surface area contributed by atoms with E-state index >= 15 is 0 Å². The Morgan fingerprint density at radius 1 is 0.938 bits per heavy atom. The Hall–Kier alpha value is -3.40. The molecule has 3 aromatic carbocycles. The number of nitro benzene ring substituents is 1. The van der Waals surface area contributed by atoms with Crippen molar-refractivity contribution in [3.8, 4) is 0 Å². The molecule has 0 N–H and O–H groups in total. The second kappa shape index (κ2) is 6.55. The van der Waals surface area contributed by atoms with Crippen molar-refractivity contribution in [2.75, 3.05) is 11.4 Å². The molecule has 0 saturated carbocycles. The van der Waals surface area contributed by atoms with E-state index in [1.165, 1.54) is 27.6 Å². The Morgan fingerprint density at radius 2 is 1.78 bits per heavy atom. The van der Waals surface area contributed by atoms with Crippen molar-refractivity contribution in [1.82, 2.24) is 0 Å². The summed E-state index contributed by atoms with van der Waals surface area (Å²) >= 11 is 0. The highest BCUT2D eigenvalue weighted by molar-refractivity contribution is 5.94. The number of fused-ring (bicyclic) bond motifs is 6. The third-order valence-electron chi connectivity index (χ3n) is 8.17. The predicted molar refractivity (Wildman–Crippen MR) is 127 cm³/mol. The van der Waals surface area contributed by atoms with Crippen LogP contribution in [0.15, 0.2) is 78.9 Å². The van der Waals surface area contributed by atoms with Gasteiger partial charge in [-0.05, 0) is 58.2 Å². The van der Waals surface area contributed by atoms with Gasteiger partial charge in [-0.15, -0.1) is 0 Å². The summed E-state index contributed by atoms with van der Waals surface area (Å²) in [5.74, 6) is 1.78. The van der Waals surface area contributed by atoms with Gasteiger partial charge >= 0.3 is 0 Å². The summed E-state index contributed by atoms with van der Waals surface area (Å²) in [6, 6.07) is 18.7. The van der Waals surface area contributed by atoms with Crippen molar-refractivity contribution in [3.05, 3.63) is 106 Å². The maximum atomic E-state index is 11.5. The lowest BCUT2D eigenvalue weighted by molar-refractivity contribution is -0.384. The average Bonchev–Trinajstić information content (AvgIpc) is 3.48. The highest BCUT2D eigenvalue weighted by Crippen LogP contribution is 2.60. The highest BCUT2D eigenvalue weighted by atomic mass is 16.6. The largest absolute Gasteiger partial charge is 0.363 e. The van der Waals surface area contributed by atoms with Crippen LogP contribution < -0.4 is 4.90 Å². The summed E-state index contributed by atoms with van der Waals surface area (Å²) in [6.07, 6.45) is 11.6. The van der Waals surface area contributed by atoms with Crippen molar-refractivity contribution in [3.63, 3.8) is 0 Å². The quantitative estimate of drug-likeness (QED) is 0.265. The molecule has 0 aromatic heterocycles. The topological polar surface area (TPSA) is 46.4 Å². The van der Waals surface area contributed by atoms with E-state index in [4.69, 9.17) is 0 Å². The van der Waals surface area contributed by atoms with E-state index in [2.05, 4.69) is 65.6 Å². The normalized spacial score (nSPS) is 29.1. The Bertz CT molecular complexity index is 1340. The average molecular weight is 421 g/mol. The van der Waals surface area contributed by atoms with Crippen LogP contribution in [0.1, 0.15) is 47.4 Å². The van der Waals surface area contributed by atoms with Gasteiger partial charge in [-0.2, -0.15) is 0 Å². The van der Waals surface area contributed by atoms with Crippen LogP contribution in [-0.4, -0.2) is 11.5 Å². The maximum absolute atomic E-state index is 11.5. The van der Waals surface area contributed by atoms with Crippen molar-refractivity contribution in [1.29, 1.82) is 0 Å². The molecule has 4 nitrogen and oxygen atoms in total. The molecule has 0 fully saturated rings. The molecule has 0 saturated heterocycles. The Labute approximate surface area is 187 Å². The Morgan fingerprint density at radius 3 is 2.69 bits per heavy atom. The second-order valence-electron chi connectivity index (χ2n) is 9.70. The number of rotatable bonds is 2. The van der Waals surface area contributed by atoms with E-state index in [9.17, 15) is 10.1 Å². The molecule has 7 rings (SSSR count). The smallest absolute Gasteiger partial charge is 0.269 e. The maximum Gasteiger partial charge on any atom is 0.269 e. The molecule has 158 valence electrons.